The third-order valence-electron chi connectivity index (χ3n) is 6.17. The Bertz CT molecular complexity index is 1090. The highest BCUT2D eigenvalue weighted by molar-refractivity contribution is 7.90. The van der Waals surface area contributed by atoms with Gasteiger partial charge in [-0.2, -0.15) is 0 Å². The quantitative estimate of drug-likeness (QED) is 0.424. The molecule has 0 radical (unpaired) electrons. The first-order valence-corrected chi connectivity index (χ1v) is 14.6. The Morgan fingerprint density at radius 2 is 1.64 bits per heavy atom. The normalized spacial score (nSPS) is 16.1. The second-order valence-electron chi connectivity index (χ2n) is 8.56. The van der Waals surface area contributed by atoms with Crippen LogP contribution in [-0.2, 0) is 40.8 Å². The van der Waals surface area contributed by atoms with Gasteiger partial charge in [-0.25, -0.2) is 8.42 Å². The second-order valence-corrected chi connectivity index (χ2v) is 12.8. The van der Waals surface area contributed by atoms with E-state index in [0.717, 1.165) is 24.8 Å². The van der Waals surface area contributed by atoms with Gasteiger partial charge in [0, 0.05) is 38.8 Å². The number of hydrogen-bond acceptors (Lipinski definition) is 8. The molecule has 0 aliphatic heterocycles. The number of benzene rings is 1. The molecule has 0 N–H and O–H groups in total. The predicted molar refractivity (Wildman–Crippen MR) is 125 cm³/mol. The molecular formula is C23H31N2O6PS. The van der Waals surface area contributed by atoms with Crippen molar-refractivity contribution in [1.82, 2.24) is 9.97 Å². The Hall–Kier alpha value is -1.93. The summed E-state index contributed by atoms with van der Waals surface area (Å²) >= 11 is 0. The molecule has 180 valence electrons. The fourth-order valence-electron chi connectivity index (χ4n) is 4.24. The maximum atomic E-state index is 13.3. The molecule has 1 aromatic heterocycles. The molecule has 33 heavy (non-hydrogen) atoms. The van der Waals surface area contributed by atoms with Crippen LogP contribution in [0.2, 0.25) is 0 Å². The van der Waals surface area contributed by atoms with E-state index in [0.29, 0.717) is 17.3 Å². The van der Waals surface area contributed by atoms with Crippen LogP contribution in [0.4, 0.5) is 0 Å². The molecule has 1 aliphatic carbocycles. The van der Waals surface area contributed by atoms with E-state index >= 15 is 0 Å². The van der Waals surface area contributed by atoms with Gasteiger partial charge in [0.05, 0.1) is 28.9 Å². The monoisotopic (exact) mass is 494 g/mol. The van der Waals surface area contributed by atoms with Gasteiger partial charge in [-0.05, 0) is 30.0 Å². The fraction of sp³-hybridized carbons (Fsp3) is 0.522. The van der Waals surface area contributed by atoms with Crippen LogP contribution >= 0.6 is 7.60 Å². The van der Waals surface area contributed by atoms with Crippen molar-refractivity contribution in [2.24, 2.45) is 5.92 Å². The SMILES string of the molecule is COP(=O)(Cc1cnc(CC(=O)[C@H](CC2CCCC2)c2ccc(S(C)(=O)=O)cc2)cn1)OC. The van der Waals surface area contributed by atoms with Crippen molar-refractivity contribution in [2.45, 2.75) is 55.5 Å². The van der Waals surface area contributed by atoms with Crippen molar-refractivity contribution in [3.63, 3.8) is 0 Å². The van der Waals surface area contributed by atoms with Gasteiger partial charge in [0.25, 0.3) is 0 Å². The fourth-order valence-corrected chi connectivity index (χ4v) is 5.84. The second kappa shape index (κ2) is 11.0. The van der Waals surface area contributed by atoms with Crippen LogP contribution in [0.3, 0.4) is 0 Å². The molecule has 10 heteroatoms. The molecule has 3 rings (SSSR count). The minimum absolute atomic E-state index is 0.00177. The Labute approximate surface area is 195 Å². The summed E-state index contributed by atoms with van der Waals surface area (Å²) in [5.74, 6) is 0.181. The van der Waals surface area contributed by atoms with E-state index in [1.807, 2.05) is 0 Å². The van der Waals surface area contributed by atoms with Gasteiger partial charge in [0.15, 0.2) is 9.84 Å². The average molecular weight is 495 g/mol. The zero-order valence-corrected chi connectivity index (χ0v) is 21.0. The number of rotatable bonds is 11. The van der Waals surface area contributed by atoms with Gasteiger partial charge in [-0.1, -0.05) is 37.8 Å². The van der Waals surface area contributed by atoms with Crippen LogP contribution in [-0.4, -0.2) is 44.6 Å². The summed E-state index contributed by atoms with van der Waals surface area (Å²) in [6, 6.07) is 6.63. The summed E-state index contributed by atoms with van der Waals surface area (Å²) in [5, 5.41) is 0. The molecule has 0 bridgehead atoms. The third kappa shape index (κ3) is 7.03. The van der Waals surface area contributed by atoms with E-state index < -0.39 is 17.4 Å². The molecule has 1 heterocycles. The summed E-state index contributed by atoms with van der Waals surface area (Å²) in [7, 11) is -3.91. The maximum absolute atomic E-state index is 13.3. The number of carbonyl (C=O) groups is 1. The first-order valence-electron chi connectivity index (χ1n) is 11.0. The number of aromatic nitrogens is 2. The number of hydrogen-bond donors (Lipinski definition) is 0. The van der Waals surface area contributed by atoms with Crippen LogP contribution in [0, 0.1) is 5.92 Å². The minimum Gasteiger partial charge on any atom is -0.312 e. The molecule has 1 saturated carbocycles. The van der Waals surface area contributed by atoms with Gasteiger partial charge < -0.3 is 9.05 Å². The lowest BCUT2D eigenvalue weighted by Crippen LogP contribution is -2.19. The maximum Gasteiger partial charge on any atom is 0.336 e. The number of Topliss-reactive ketones (excluding diaryl/α,β-unsaturated/α-hetero) is 1. The molecule has 0 saturated heterocycles. The topological polar surface area (TPSA) is 113 Å². The number of nitrogens with zero attached hydrogens (tertiary/aromatic N) is 2. The lowest BCUT2D eigenvalue weighted by molar-refractivity contribution is -0.120. The highest BCUT2D eigenvalue weighted by Crippen LogP contribution is 2.49. The first kappa shape index (κ1) is 25.7. The zero-order chi connectivity index (χ0) is 24.1. The van der Waals surface area contributed by atoms with Crippen LogP contribution in [0.15, 0.2) is 41.6 Å². The van der Waals surface area contributed by atoms with E-state index in [1.165, 1.54) is 45.7 Å². The predicted octanol–water partition coefficient (Wildman–Crippen LogP) is 4.34. The van der Waals surface area contributed by atoms with Crippen molar-refractivity contribution in [1.29, 1.82) is 0 Å². The Kier molecular flexibility index (Phi) is 8.56. The molecule has 8 nitrogen and oxygen atoms in total. The molecule has 0 amide bonds. The van der Waals surface area contributed by atoms with Crippen LogP contribution in [0.25, 0.3) is 0 Å². The van der Waals surface area contributed by atoms with Gasteiger partial charge in [0.2, 0.25) is 0 Å². The molecule has 0 unspecified atom stereocenters. The summed E-state index contributed by atoms with van der Waals surface area (Å²) in [6.07, 6.45) is 9.61. The van der Waals surface area contributed by atoms with E-state index in [2.05, 4.69) is 9.97 Å². The van der Waals surface area contributed by atoms with E-state index in [9.17, 15) is 17.8 Å². The molecule has 1 aliphatic rings. The number of ketones is 1. The third-order valence-corrected chi connectivity index (χ3v) is 9.12. The summed E-state index contributed by atoms with van der Waals surface area (Å²) < 4.78 is 45.8. The summed E-state index contributed by atoms with van der Waals surface area (Å²) in [4.78, 5) is 22.2. The lowest BCUT2D eigenvalue weighted by atomic mass is 9.83. The van der Waals surface area contributed by atoms with Crippen LogP contribution < -0.4 is 0 Å². The van der Waals surface area contributed by atoms with Crippen LogP contribution in [0.5, 0.6) is 0 Å². The van der Waals surface area contributed by atoms with Crippen molar-refractivity contribution >= 4 is 23.2 Å². The zero-order valence-electron chi connectivity index (χ0n) is 19.3. The van der Waals surface area contributed by atoms with Crippen molar-refractivity contribution in [3.8, 4) is 0 Å². The van der Waals surface area contributed by atoms with Crippen LogP contribution in [0.1, 0.15) is 55.0 Å². The van der Waals surface area contributed by atoms with Gasteiger partial charge in [-0.3, -0.25) is 19.3 Å². The minimum atomic E-state index is -3.30. The van der Waals surface area contributed by atoms with Gasteiger partial charge >= 0.3 is 7.60 Å². The van der Waals surface area contributed by atoms with Gasteiger partial charge in [-0.15, -0.1) is 0 Å². The Morgan fingerprint density at radius 3 is 2.15 bits per heavy atom. The summed E-state index contributed by atoms with van der Waals surface area (Å²) in [6.45, 7) is 0. The van der Waals surface area contributed by atoms with E-state index in [1.54, 1.807) is 24.3 Å². The largest absolute Gasteiger partial charge is 0.336 e. The molecule has 0 spiro atoms. The molecular weight excluding hydrogens is 463 g/mol. The molecule has 1 atom stereocenters. The van der Waals surface area contributed by atoms with Crippen molar-refractivity contribution in [3.05, 3.63) is 53.6 Å². The molecule has 1 fully saturated rings. The highest BCUT2D eigenvalue weighted by atomic mass is 32.2. The van der Waals surface area contributed by atoms with Gasteiger partial charge in [0.1, 0.15) is 5.78 Å². The van der Waals surface area contributed by atoms with E-state index in [-0.39, 0.29) is 29.2 Å². The van der Waals surface area contributed by atoms with Crippen molar-refractivity contribution in [2.75, 3.05) is 20.5 Å². The number of carbonyl (C=O) groups excluding carboxylic acids is 1. The van der Waals surface area contributed by atoms with E-state index in [4.69, 9.17) is 9.05 Å². The molecule has 1 aromatic carbocycles. The Balaban J connectivity index is 1.76. The number of sulfone groups is 1. The smallest absolute Gasteiger partial charge is 0.312 e. The average Bonchev–Trinajstić information content (AvgIpc) is 3.31. The molecule has 2 aromatic rings. The van der Waals surface area contributed by atoms with Crippen molar-refractivity contribution < 1.29 is 26.8 Å². The standard InChI is InChI=1S/C23H31N2O6PS/c1-30-32(27,31-2)16-20-15-24-19(14-25-20)13-23(26)22(12-17-6-4-5-7-17)18-8-10-21(11-9-18)33(3,28)29/h8-11,14-15,17,22H,4-7,12-13,16H2,1-3H3/t22-/m1/s1. The lowest BCUT2D eigenvalue weighted by Gasteiger charge is -2.20. The highest BCUT2D eigenvalue weighted by Gasteiger charge is 2.28. The first-order chi connectivity index (χ1) is 15.6. The Morgan fingerprint density at radius 1 is 1.06 bits per heavy atom. The summed E-state index contributed by atoms with van der Waals surface area (Å²) in [5.41, 5.74) is 1.81.